The summed E-state index contributed by atoms with van der Waals surface area (Å²) in [6.07, 6.45) is 1.54. The van der Waals surface area contributed by atoms with Gasteiger partial charge in [0.1, 0.15) is 0 Å². The predicted octanol–water partition coefficient (Wildman–Crippen LogP) is 1.39. The van der Waals surface area contributed by atoms with Crippen molar-refractivity contribution in [1.29, 1.82) is 0 Å². The predicted molar refractivity (Wildman–Crippen MR) is 46.0 cm³/mol. The Morgan fingerprint density at radius 3 is 2.58 bits per heavy atom. The lowest BCUT2D eigenvalue weighted by Gasteiger charge is -2.13. The van der Waals surface area contributed by atoms with Crippen LogP contribution in [0.1, 0.15) is 33.1 Å². The van der Waals surface area contributed by atoms with E-state index >= 15 is 0 Å². The number of carbonyl (C=O) groups is 1. The van der Waals surface area contributed by atoms with Crippen LogP contribution in [0.15, 0.2) is 0 Å². The third-order valence-electron chi connectivity index (χ3n) is 1.59. The molecule has 68 valence electrons. The molecular formula is C9H14FNO. The fourth-order valence-electron chi connectivity index (χ4n) is 0.866. The van der Waals surface area contributed by atoms with Crippen LogP contribution in [0.4, 0.5) is 4.39 Å². The van der Waals surface area contributed by atoms with E-state index in [4.69, 9.17) is 5.73 Å². The van der Waals surface area contributed by atoms with Gasteiger partial charge in [-0.05, 0) is 13.3 Å². The van der Waals surface area contributed by atoms with Crippen LogP contribution >= 0.6 is 0 Å². The first kappa shape index (κ1) is 11.0. The second-order valence-electron chi connectivity index (χ2n) is 2.64. The number of primary amides is 1. The molecular weight excluding hydrogens is 157 g/mol. The zero-order valence-corrected chi connectivity index (χ0v) is 7.48. The van der Waals surface area contributed by atoms with Gasteiger partial charge in [0.2, 0.25) is 5.67 Å². The second-order valence-corrected chi connectivity index (χ2v) is 2.64. The molecule has 0 saturated heterocycles. The maximum absolute atomic E-state index is 13.5. The van der Waals surface area contributed by atoms with Crippen molar-refractivity contribution in [3.63, 3.8) is 0 Å². The Morgan fingerprint density at radius 1 is 1.67 bits per heavy atom. The maximum Gasteiger partial charge on any atom is 0.267 e. The molecule has 0 fully saturated rings. The van der Waals surface area contributed by atoms with Crippen molar-refractivity contribution in [3.8, 4) is 11.8 Å². The van der Waals surface area contributed by atoms with Gasteiger partial charge in [-0.15, -0.1) is 5.92 Å². The average molecular weight is 171 g/mol. The van der Waals surface area contributed by atoms with E-state index in [-0.39, 0.29) is 6.42 Å². The molecule has 0 spiro atoms. The van der Waals surface area contributed by atoms with Crippen molar-refractivity contribution < 1.29 is 9.18 Å². The van der Waals surface area contributed by atoms with E-state index in [1.165, 1.54) is 6.92 Å². The molecule has 0 aromatic carbocycles. The molecule has 0 heterocycles. The van der Waals surface area contributed by atoms with E-state index in [1.54, 1.807) is 0 Å². The summed E-state index contributed by atoms with van der Waals surface area (Å²) in [5.74, 6) is 3.59. The lowest BCUT2D eigenvalue weighted by atomic mass is 9.99. The highest BCUT2D eigenvalue weighted by Gasteiger charge is 2.33. The zero-order chi connectivity index (χ0) is 9.61. The number of hydrogen-bond acceptors (Lipinski definition) is 1. The summed E-state index contributed by atoms with van der Waals surface area (Å²) in [4.78, 5) is 10.7. The van der Waals surface area contributed by atoms with E-state index in [9.17, 15) is 9.18 Å². The standard InChI is InChI=1S/C9H14FNO/c1-3-5-7-9(10,6-4-2)8(11)12/h3,5,7H2,1-2H3,(H2,11,12). The van der Waals surface area contributed by atoms with Crippen molar-refractivity contribution in [2.45, 2.75) is 38.8 Å². The molecule has 2 nitrogen and oxygen atoms in total. The van der Waals surface area contributed by atoms with Gasteiger partial charge in [0.25, 0.3) is 5.91 Å². The number of hydrogen-bond donors (Lipinski definition) is 1. The Morgan fingerprint density at radius 2 is 2.25 bits per heavy atom. The first-order chi connectivity index (χ1) is 5.56. The maximum atomic E-state index is 13.5. The largest absolute Gasteiger partial charge is 0.366 e. The van der Waals surface area contributed by atoms with Crippen LogP contribution < -0.4 is 5.73 Å². The molecule has 0 aliphatic carbocycles. The van der Waals surface area contributed by atoms with Crippen molar-refractivity contribution in [1.82, 2.24) is 0 Å². The molecule has 3 heteroatoms. The van der Waals surface area contributed by atoms with Crippen LogP contribution in [0.3, 0.4) is 0 Å². The quantitative estimate of drug-likeness (QED) is 0.638. The highest BCUT2D eigenvalue weighted by atomic mass is 19.1. The summed E-state index contributed by atoms with van der Waals surface area (Å²) in [6, 6.07) is 0. The number of rotatable bonds is 4. The molecule has 1 amide bonds. The third kappa shape index (κ3) is 2.91. The summed E-state index contributed by atoms with van der Waals surface area (Å²) in [5, 5.41) is 0. The number of halogens is 1. The summed E-state index contributed by atoms with van der Waals surface area (Å²) in [7, 11) is 0. The molecule has 0 rings (SSSR count). The van der Waals surface area contributed by atoms with Gasteiger partial charge in [-0.1, -0.05) is 19.3 Å². The Kier molecular flexibility index (Phi) is 4.35. The number of nitrogens with two attached hydrogens (primary N) is 1. The van der Waals surface area contributed by atoms with Gasteiger partial charge in [0, 0.05) is 6.42 Å². The van der Waals surface area contributed by atoms with Crippen LogP contribution in [0.2, 0.25) is 0 Å². The monoisotopic (exact) mass is 171 g/mol. The minimum absolute atomic E-state index is 0.0969. The molecule has 2 N–H and O–H groups in total. The second kappa shape index (κ2) is 4.76. The minimum atomic E-state index is -2.12. The third-order valence-corrected chi connectivity index (χ3v) is 1.59. The first-order valence-corrected chi connectivity index (χ1v) is 3.99. The fourth-order valence-corrected chi connectivity index (χ4v) is 0.866. The minimum Gasteiger partial charge on any atom is -0.366 e. The topological polar surface area (TPSA) is 43.1 Å². The van der Waals surface area contributed by atoms with Crippen molar-refractivity contribution in [2.75, 3.05) is 0 Å². The molecule has 1 atom stereocenters. The molecule has 0 aliphatic rings. The van der Waals surface area contributed by atoms with Gasteiger partial charge in [-0.2, -0.15) is 0 Å². The number of unbranched alkanes of at least 4 members (excludes halogenated alkanes) is 1. The summed E-state index contributed by atoms with van der Waals surface area (Å²) < 4.78 is 13.5. The first-order valence-electron chi connectivity index (χ1n) is 3.99. The number of alkyl halides is 1. The van der Waals surface area contributed by atoms with Gasteiger partial charge in [-0.3, -0.25) is 4.79 Å². The Labute approximate surface area is 72.3 Å². The molecule has 0 bridgehead atoms. The SMILES string of the molecule is CC#CC(F)(CCCC)C(N)=O. The molecule has 0 radical (unpaired) electrons. The smallest absolute Gasteiger partial charge is 0.267 e. The summed E-state index contributed by atoms with van der Waals surface area (Å²) >= 11 is 0. The fraction of sp³-hybridized carbons (Fsp3) is 0.667. The van der Waals surface area contributed by atoms with E-state index in [0.717, 1.165) is 6.42 Å². The van der Waals surface area contributed by atoms with Gasteiger partial charge in [-0.25, -0.2) is 4.39 Å². The van der Waals surface area contributed by atoms with Crippen molar-refractivity contribution >= 4 is 5.91 Å². The molecule has 12 heavy (non-hydrogen) atoms. The van der Waals surface area contributed by atoms with Crippen LogP contribution in [-0.4, -0.2) is 11.6 Å². The van der Waals surface area contributed by atoms with E-state index < -0.39 is 11.6 Å². The summed E-state index contributed by atoms with van der Waals surface area (Å²) in [6.45, 7) is 3.41. The highest BCUT2D eigenvalue weighted by Crippen LogP contribution is 2.17. The van der Waals surface area contributed by atoms with E-state index in [2.05, 4.69) is 11.8 Å². The van der Waals surface area contributed by atoms with E-state index in [0.29, 0.717) is 6.42 Å². The number of carbonyl (C=O) groups excluding carboxylic acids is 1. The normalized spacial score (nSPS) is 14.2. The zero-order valence-electron chi connectivity index (χ0n) is 7.48. The van der Waals surface area contributed by atoms with Gasteiger partial charge >= 0.3 is 0 Å². The van der Waals surface area contributed by atoms with Crippen LogP contribution in [-0.2, 0) is 4.79 Å². The molecule has 1 unspecified atom stereocenters. The van der Waals surface area contributed by atoms with Crippen LogP contribution in [0, 0.1) is 11.8 Å². The van der Waals surface area contributed by atoms with Crippen molar-refractivity contribution in [2.24, 2.45) is 5.73 Å². The van der Waals surface area contributed by atoms with Gasteiger partial charge in [0.15, 0.2) is 0 Å². The Bertz CT molecular complexity index is 216. The molecule has 0 aromatic rings. The molecule has 0 saturated carbocycles. The summed E-state index contributed by atoms with van der Waals surface area (Å²) in [5.41, 5.74) is 2.76. The van der Waals surface area contributed by atoms with Gasteiger partial charge < -0.3 is 5.73 Å². The van der Waals surface area contributed by atoms with Crippen LogP contribution in [0.25, 0.3) is 0 Å². The Balaban J connectivity index is 4.36. The van der Waals surface area contributed by atoms with Crippen LogP contribution in [0.5, 0.6) is 0 Å². The lowest BCUT2D eigenvalue weighted by molar-refractivity contribution is -0.126. The Hall–Kier alpha value is -1.04. The van der Waals surface area contributed by atoms with Crippen molar-refractivity contribution in [3.05, 3.63) is 0 Å². The highest BCUT2D eigenvalue weighted by molar-refractivity contribution is 5.87. The number of amides is 1. The van der Waals surface area contributed by atoms with E-state index in [1.807, 2.05) is 6.92 Å². The molecule has 0 aliphatic heterocycles. The lowest BCUT2D eigenvalue weighted by Crippen LogP contribution is -2.38. The molecule has 0 aromatic heterocycles. The van der Waals surface area contributed by atoms with Gasteiger partial charge in [0.05, 0.1) is 0 Å². The average Bonchev–Trinajstić information content (AvgIpc) is 2.01.